The molecule has 1 unspecified atom stereocenters. The number of aliphatic hydroxyl groups excluding tert-OH is 1. The van der Waals surface area contributed by atoms with Crippen molar-refractivity contribution in [2.24, 2.45) is 7.05 Å². The number of hydrogen-bond acceptors (Lipinski definition) is 3. The summed E-state index contributed by atoms with van der Waals surface area (Å²) in [5.74, 6) is 0. The van der Waals surface area contributed by atoms with Gasteiger partial charge in [0.05, 0.1) is 10.7 Å². The van der Waals surface area contributed by atoms with Crippen LogP contribution in [0.3, 0.4) is 0 Å². The highest BCUT2D eigenvalue weighted by Crippen LogP contribution is 2.22. The summed E-state index contributed by atoms with van der Waals surface area (Å²) in [4.78, 5) is 3.92. The first-order valence-electron chi connectivity index (χ1n) is 4.45. The molecule has 0 amide bonds. The second-order valence-electron chi connectivity index (χ2n) is 3.22. The molecule has 0 spiro atoms. The minimum atomic E-state index is -0.747. The van der Waals surface area contributed by atoms with Crippen molar-refractivity contribution in [3.8, 4) is 0 Å². The maximum Gasteiger partial charge on any atom is 0.122 e. The van der Waals surface area contributed by atoms with Crippen LogP contribution >= 0.6 is 11.6 Å². The van der Waals surface area contributed by atoms with Gasteiger partial charge in [0, 0.05) is 31.2 Å². The third kappa shape index (κ3) is 2.00. The summed E-state index contributed by atoms with van der Waals surface area (Å²) in [6.45, 7) is 0. The number of aliphatic hydroxyl groups is 1. The van der Waals surface area contributed by atoms with E-state index >= 15 is 0 Å². The molecule has 2 aromatic heterocycles. The van der Waals surface area contributed by atoms with E-state index in [0.29, 0.717) is 16.3 Å². The fourth-order valence-electron chi connectivity index (χ4n) is 1.40. The number of aryl methyl sites for hydroxylation is 1. The average molecular weight is 224 g/mol. The predicted molar refractivity (Wildman–Crippen MR) is 56.5 cm³/mol. The van der Waals surface area contributed by atoms with E-state index in [-0.39, 0.29) is 0 Å². The fraction of sp³-hybridized carbons (Fsp3) is 0.200. The maximum absolute atomic E-state index is 10.0. The van der Waals surface area contributed by atoms with Gasteiger partial charge in [0.2, 0.25) is 0 Å². The van der Waals surface area contributed by atoms with E-state index in [9.17, 15) is 5.11 Å². The summed E-state index contributed by atoms with van der Waals surface area (Å²) in [5.41, 5.74) is 1.37. The van der Waals surface area contributed by atoms with E-state index in [0.717, 1.165) is 0 Å². The molecule has 0 aromatic carbocycles. The highest BCUT2D eigenvalue weighted by Gasteiger charge is 2.14. The minimum absolute atomic E-state index is 0.508. The third-order valence-electron chi connectivity index (χ3n) is 2.18. The van der Waals surface area contributed by atoms with Crippen molar-refractivity contribution >= 4 is 11.6 Å². The van der Waals surface area contributed by atoms with Crippen molar-refractivity contribution in [1.29, 1.82) is 0 Å². The Bertz CT molecular complexity index is 469. The van der Waals surface area contributed by atoms with Crippen LogP contribution < -0.4 is 0 Å². The van der Waals surface area contributed by atoms with Crippen LogP contribution in [0.25, 0.3) is 0 Å². The van der Waals surface area contributed by atoms with Gasteiger partial charge in [0.15, 0.2) is 0 Å². The number of aromatic nitrogens is 3. The van der Waals surface area contributed by atoms with Crippen molar-refractivity contribution in [3.63, 3.8) is 0 Å². The van der Waals surface area contributed by atoms with Crippen LogP contribution in [-0.4, -0.2) is 19.9 Å². The molecule has 0 aliphatic carbocycles. The number of rotatable bonds is 2. The first-order chi connectivity index (χ1) is 7.18. The summed E-state index contributed by atoms with van der Waals surface area (Å²) in [6.07, 6.45) is 4.00. The van der Waals surface area contributed by atoms with Gasteiger partial charge in [0.1, 0.15) is 6.10 Å². The van der Waals surface area contributed by atoms with Crippen LogP contribution in [0.15, 0.2) is 30.7 Å². The summed E-state index contributed by atoms with van der Waals surface area (Å²) in [7, 11) is 1.77. The lowest BCUT2D eigenvalue weighted by atomic mass is 10.1. The van der Waals surface area contributed by atoms with Gasteiger partial charge in [-0.1, -0.05) is 11.6 Å². The van der Waals surface area contributed by atoms with E-state index in [2.05, 4.69) is 10.1 Å². The fourth-order valence-corrected chi connectivity index (χ4v) is 1.58. The molecule has 0 saturated heterocycles. The quantitative estimate of drug-likeness (QED) is 0.841. The average Bonchev–Trinajstić information content (AvgIpc) is 2.63. The lowest BCUT2D eigenvalue weighted by molar-refractivity contribution is 0.209. The number of pyridine rings is 1. The van der Waals surface area contributed by atoms with E-state index in [1.807, 2.05) is 0 Å². The van der Waals surface area contributed by atoms with Crippen molar-refractivity contribution in [2.75, 3.05) is 0 Å². The molecular weight excluding hydrogens is 214 g/mol. The second kappa shape index (κ2) is 4.00. The van der Waals surface area contributed by atoms with Crippen LogP contribution in [0.1, 0.15) is 17.4 Å². The van der Waals surface area contributed by atoms with Crippen molar-refractivity contribution < 1.29 is 5.11 Å². The zero-order valence-electron chi connectivity index (χ0n) is 8.13. The zero-order valence-corrected chi connectivity index (χ0v) is 8.89. The van der Waals surface area contributed by atoms with Gasteiger partial charge in [0.25, 0.3) is 0 Å². The monoisotopic (exact) mass is 223 g/mol. The highest BCUT2D eigenvalue weighted by atomic mass is 35.5. The van der Waals surface area contributed by atoms with Crippen LogP contribution in [0, 0.1) is 0 Å². The molecule has 0 radical (unpaired) electrons. The first-order valence-corrected chi connectivity index (χ1v) is 4.82. The Hall–Kier alpha value is -1.39. The summed E-state index contributed by atoms with van der Waals surface area (Å²) in [5, 5.41) is 14.5. The van der Waals surface area contributed by atoms with Gasteiger partial charge in [-0.15, -0.1) is 0 Å². The molecule has 1 atom stereocenters. The van der Waals surface area contributed by atoms with E-state index in [1.54, 1.807) is 36.3 Å². The maximum atomic E-state index is 10.0. The topological polar surface area (TPSA) is 50.9 Å². The Balaban J connectivity index is 2.36. The standard InChI is InChI=1S/C10H10ClN3O/c1-14-9(2-3-13-14)10(15)7-4-8(11)6-12-5-7/h2-6,10,15H,1H3. The Morgan fingerprint density at radius 2 is 2.27 bits per heavy atom. The molecule has 2 heterocycles. The largest absolute Gasteiger partial charge is 0.382 e. The Morgan fingerprint density at radius 3 is 2.87 bits per heavy atom. The smallest absolute Gasteiger partial charge is 0.122 e. The van der Waals surface area contributed by atoms with E-state index in [1.165, 1.54) is 6.20 Å². The van der Waals surface area contributed by atoms with E-state index in [4.69, 9.17) is 11.6 Å². The number of halogens is 1. The third-order valence-corrected chi connectivity index (χ3v) is 2.39. The summed E-state index contributed by atoms with van der Waals surface area (Å²) < 4.78 is 1.62. The zero-order chi connectivity index (χ0) is 10.8. The highest BCUT2D eigenvalue weighted by molar-refractivity contribution is 6.30. The summed E-state index contributed by atoms with van der Waals surface area (Å²) in [6, 6.07) is 3.44. The molecule has 0 aliphatic heterocycles. The SMILES string of the molecule is Cn1nccc1C(O)c1cncc(Cl)c1. The van der Waals surface area contributed by atoms with Gasteiger partial charge >= 0.3 is 0 Å². The predicted octanol–water partition coefficient (Wildman–Crippen LogP) is 1.55. The van der Waals surface area contributed by atoms with Crippen molar-refractivity contribution in [3.05, 3.63) is 47.0 Å². The van der Waals surface area contributed by atoms with Crippen molar-refractivity contribution in [1.82, 2.24) is 14.8 Å². The van der Waals surface area contributed by atoms with Crippen LogP contribution in [0.5, 0.6) is 0 Å². The molecular formula is C10H10ClN3O. The van der Waals surface area contributed by atoms with Gasteiger partial charge in [-0.25, -0.2) is 0 Å². The first kappa shape index (κ1) is 10.1. The molecule has 0 fully saturated rings. The molecule has 0 bridgehead atoms. The van der Waals surface area contributed by atoms with Crippen molar-refractivity contribution in [2.45, 2.75) is 6.10 Å². The molecule has 2 rings (SSSR count). The number of nitrogens with zero attached hydrogens (tertiary/aromatic N) is 3. The molecule has 4 nitrogen and oxygen atoms in total. The van der Waals surface area contributed by atoms with Crippen LogP contribution in [0.4, 0.5) is 0 Å². The van der Waals surface area contributed by atoms with Gasteiger partial charge in [-0.3, -0.25) is 9.67 Å². The van der Waals surface area contributed by atoms with Crippen LogP contribution in [-0.2, 0) is 7.05 Å². The Kier molecular flexibility index (Phi) is 2.70. The van der Waals surface area contributed by atoms with E-state index < -0.39 is 6.10 Å². The number of hydrogen-bond donors (Lipinski definition) is 1. The van der Waals surface area contributed by atoms with Crippen LogP contribution in [0.2, 0.25) is 5.02 Å². The molecule has 2 aromatic rings. The van der Waals surface area contributed by atoms with Gasteiger partial charge in [-0.05, 0) is 12.1 Å². The minimum Gasteiger partial charge on any atom is -0.382 e. The molecule has 5 heteroatoms. The molecule has 78 valence electrons. The normalized spacial score (nSPS) is 12.7. The van der Waals surface area contributed by atoms with Gasteiger partial charge in [-0.2, -0.15) is 5.10 Å². The molecule has 0 saturated carbocycles. The Labute approximate surface area is 92.1 Å². The lowest BCUT2D eigenvalue weighted by Crippen LogP contribution is -2.06. The second-order valence-corrected chi connectivity index (χ2v) is 3.66. The molecule has 0 aliphatic rings. The molecule has 1 N–H and O–H groups in total. The lowest BCUT2D eigenvalue weighted by Gasteiger charge is -2.10. The molecule has 15 heavy (non-hydrogen) atoms. The Morgan fingerprint density at radius 1 is 1.47 bits per heavy atom. The summed E-state index contributed by atoms with van der Waals surface area (Å²) >= 11 is 5.79. The van der Waals surface area contributed by atoms with Gasteiger partial charge < -0.3 is 5.11 Å².